The Kier molecular flexibility index (Phi) is 4.36. The van der Waals surface area contributed by atoms with Crippen molar-refractivity contribution in [1.82, 2.24) is 0 Å². The molecular weight excluding hydrogens is 238 g/mol. The van der Waals surface area contributed by atoms with Gasteiger partial charge in [-0.2, -0.15) is 0 Å². The average molecular weight is 255 g/mol. The Bertz CT molecular complexity index is 430. The summed E-state index contributed by atoms with van der Waals surface area (Å²) in [6.07, 6.45) is 0.634. The van der Waals surface area contributed by atoms with Gasteiger partial charge in [0.15, 0.2) is 0 Å². The van der Waals surface area contributed by atoms with E-state index >= 15 is 0 Å². The molecule has 0 saturated heterocycles. The highest BCUT2D eigenvalue weighted by atomic mass is 16.6. The molecule has 1 aromatic heterocycles. The lowest BCUT2D eigenvalue weighted by Crippen LogP contribution is -2.27. The summed E-state index contributed by atoms with van der Waals surface area (Å²) >= 11 is 0. The molecule has 100 valence electrons. The number of rotatable bonds is 3. The molecule has 1 N–H and O–H groups in total. The van der Waals surface area contributed by atoms with Gasteiger partial charge in [-0.25, -0.2) is 9.59 Å². The molecule has 0 bridgehead atoms. The quantitative estimate of drug-likeness (QED) is 0.840. The third kappa shape index (κ3) is 4.48. The zero-order valence-corrected chi connectivity index (χ0v) is 10.9. The van der Waals surface area contributed by atoms with E-state index in [4.69, 9.17) is 13.9 Å². The lowest BCUT2D eigenvalue weighted by Gasteiger charge is -2.19. The Morgan fingerprint density at radius 2 is 2.06 bits per heavy atom. The van der Waals surface area contributed by atoms with Crippen LogP contribution in [0.5, 0.6) is 0 Å². The smallest absolute Gasteiger partial charge is 0.412 e. The molecule has 0 spiro atoms. The molecule has 18 heavy (non-hydrogen) atoms. The first-order chi connectivity index (χ1) is 8.31. The second kappa shape index (κ2) is 5.57. The van der Waals surface area contributed by atoms with Crippen LogP contribution in [-0.4, -0.2) is 24.3 Å². The Morgan fingerprint density at radius 3 is 2.61 bits per heavy atom. The van der Waals surface area contributed by atoms with E-state index in [1.807, 2.05) is 0 Å². The van der Waals surface area contributed by atoms with Crippen LogP contribution >= 0.6 is 0 Å². The van der Waals surface area contributed by atoms with Gasteiger partial charge in [-0.3, -0.25) is 5.32 Å². The van der Waals surface area contributed by atoms with Crippen molar-refractivity contribution in [2.45, 2.75) is 33.3 Å². The molecule has 0 unspecified atom stereocenters. The normalized spacial score (nSPS) is 10.9. The van der Waals surface area contributed by atoms with Gasteiger partial charge < -0.3 is 13.9 Å². The van der Waals surface area contributed by atoms with E-state index in [1.165, 1.54) is 12.3 Å². The standard InChI is InChI=1S/C12H17NO5/c1-5-16-10(14)9-6-8(7-17-9)13-11(15)18-12(2,3)4/h6-7H,5H2,1-4H3,(H,13,15). The number of carbonyl (C=O) groups is 2. The van der Waals surface area contributed by atoms with Gasteiger partial charge in [0.25, 0.3) is 0 Å². The molecule has 0 radical (unpaired) electrons. The number of carbonyl (C=O) groups excluding carboxylic acids is 2. The fourth-order valence-corrected chi connectivity index (χ4v) is 1.13. The molecule has 0 aliphatic rings. The third-order valence-corrected chi connectivity index (χ3v) is 1.72. The fraction of sp³-hybridized carbons (Fsp3) is 0.500. The van der Waals surface area contributed by atoms with Crippen molar-refractivity contribution in [2.75, 3.05) is 11.9 Å². The van der Waals surface area contributed by atoms with Crippen LogP contribution in [0.3, 0.4) is 0 Å². The minimum absolute atomic E-state index is 0.0305. The summed E-state index contributed by atoms with van der Waals surface area (Å²) in [5, 5.41) is 2.45. The first kappa shape index (κ1) is 14.1. The summed E-state index contributed by atoms with van der Waals surface area (Å²) in [5.41, 5.74) is -0.245. The lowest BCUT2D eigenvalue weighted by molar-refractivity contribution is 0.0489. The van der Waals surface area contributed by atoms with Crippen molar-refractivity contribution in [2.24, 2.45) is 0 Å². The van der Waals surface area contributed by atoms with E-state index in [1.54, 1.807) is 27.7 Å². The predicted octanol–water partition coefficient (Wildman–Crippen LogP) is 2.80. The molecule has 6 heteroatoms. The average Bonchev–Trinajstić information content (AvgIpc) is 2.63. The summed E-state index contributed by atoms with van der Waals surface area (Å²) in [6, 6.07) is 1.38. The van der Waals surface area contributed by atoms with Crippen LogP contribution in [0.25, 0.3) is 0 Å². The maximum atomic E-state index is 11.4. The highest BCUT2D eigenvalue weighted by Crippen LogP contribution is 2.16. The molecule has 0 atom stereocenters. The van der Waals surface area contributed by atoms with Crippen molar-refractivity contribution in [3.8, 4) is 0 Å². The van der Waals surface area contributed by atoms with E-state index in [0.29, 0.717) is 5.69 Å². The van der Waals surface area contributed by atoms with Crippen LogP contribution in [0.2, 0.25) is 0 Å². The molecule has 1 rings (SSSR count). The number of amides is 1. The molecule has 0 aliphatic carbocycles. The molecule has 0 saturated carbocycles. The van der Waals surface area contributed by atoms with Crippen molar-refractivity contribution in [1.29, 1.82) is 0 Å². The number of furan rings is 1. The lowest BCUT2D eigenvalue weighted by atomic mass is 10.2. The van der Waals surface area contributed by atoms with Crippen molar-refractivity contribution >= 4 is 17.7 Å². The minimum Gasteiger partial charge on any atom is -0.460 e. The highest BCUT2D eigenvalue weighted by molar-refractivity contribution is 5.90. The monoisotopic (exact) mass is 255 g/mol. The molecule has 0 aromatic carbocycles. The summed E-state index contributed by atoms with van der Waals surface area (Å²) in [6.45, 7) is 7.22. The Balaban J connectivity index is 2.59. The molecular formula is C12H17NO5. The third-order valence-electron chi connectivity index (χ3n) is 1.72. The fourth-order valence-electron chi connectivity index (χ4n) is 1.13. The SMILES string of the molecule is CCOC(=O)c1cc(NC(=O)OC(C)(C)C)co1. The van der Waals surface area contributed by atoms with Gasteiger partial charge in [-0.15, -0.1) is 0 Å². The van der Waals surface area contributed by atoms with Gasteiger partial charge in [0.2, 0.25) is 5.76 Å². The van der Waals surface area contributed by atoms with E-state index in [0.717, 1.165) is 0 Å². The van der Waals surface area contributed by atoms with Crippen LogP contribution in [0.1, 0.15) is 38.2 Å². The minimum atomic E-state index is -0.612. The molecule has 0 aliphatic heterocycles. The van der Waals surface area contributed by atoms with Crippen molar-refractivity contribution in [3.05, 3.63) is 18.1 Å². The van der Waals surface area contributed by atoms with Gasteiger partial charge in [-0.05, 0) is 27.7 Å². The maximum absolute atomic E-state index is 11.4. The number of anilines is 1. The zero-order chi connectivity index (χ0) is 13.8. The second-order valence-corrected chi connectivity index (χ2v) is 4.55. The highest BCUT2D eigenvalue weighted by Gasteiger charge is 2.18. The molecule has 1 amide bonds. The number of hydrogen-bond donors (Lipinski definition) is 1. The first-order valence-electron chi connectivity index (χ1n) is 5.57. The predicted molar refractivity (Wildman–Crippen MR) is 64.5 cm³/mol. The van der Waals surface area contributed by atoms with Gasteiger partial charge in [-0.1, -0.05) is 0 Å². The van der Waals surface area contributed by atoms with E-state index in [-0.39, 0.29) is 12.4 Å². The van der Waals surface area contributed by atoms with Crippen LogP contribution in [0.4, 0.5) is 10.5 Å². The van der Waals surface area contributed by atoms with E-state index in [2.05, 4.69) is 5.32 Å². The molecule has 1 aromatic rings. The van der Waals surface area contributed by atoms with Gasteiger partial charge in [0.05, 0.1) is 12.3 Å². The van der Waals surface area contributed by atoms with Crippen LogP contribution in [0, 0.1) is 0 Å². The molecule has 0 fully saturated rings. The first-order valence-corrected chi connectivity index (χ1v) is 5.57. The van der Waals surface area contributed by atoms with Crippen LogP contribution < -0.4 is 5.32 Å². The van der Waals surface area contributed by atoms with Crippen LogP contribution in [0.15, 0.2) is 16.7 Å². The Hall–Kier alpha value is -1.98. The summed E-state index contributed by atoms with van der Waals surface area (Å²) < 4.78 is 14.8. The summed E-state index contributed by atoms with van der Waals surface area (Å²) in [7, 11) is 0. The van der Waals surface area contributed by atoms with Crippen molar-refractivity contribution in [3.63, 3.8) is 0 Å². The Morgan fingerprint density at radius 1 is 1.39 bits per heavy atom. The Labute approximate surface area is 105 Å². The molecule has 6 nitrogen and oxygen atoms in total. The summed E-state index contributed by atoms with van der Waals surface area (Å²) in [5.74, 6) is -0.544. The van der Waals surface area contributed by atoms with E-state index < -0.39 is 17.7 Å². The largest absolute Gasteiger partial charge is 0.460 e. The summed E-state index contributed by atoms with van der Waals surface area (Å²) in [4.78, 5) is 22.8. The number of hydrogen-bond acceptors (Lipinski definition) is 5. The van der Waals surface area contributed by atoms with E-state index in [9.17, 15) is 9.59 Å². The number of esters is 1. The maximum Gasteiger partial charge on any atom is 0.412 e. The van der Waals surface area contributed by atoms with Gasteiger partial charge >= 0.3 is 12.1 Å². The zero-order valence-electron chi connectivity index (χ0n) is 10.9. The molecule has 1 heterocycles. The van der Waals surface area contributed by atoms with Crippen molar-refractivity contribution < 1.29 is 23.5 Å². The van der Waals surface area contributed by atoms with Crippen LogP contribution in [-0.2, 0) is 9.47 Å². The van der Waals surface area contributed by atoms with Gasteiger partial charge in [0.1, 0.15) is 11.9 Å². The number of nitrogens with one attached hydrogen (secondary N) is 1. The number of ether oxygens (including phenoxy) is 2. The topological polar surface area (TPSA) is 77.8 Å². The second-order valence-electron chi connectivity index (χ2n) is 4.55. The van der Waals surface area contributed by atoms with Gasteiger partial charge in [0, 0.05) is 6.07 Å².